The van der Waals surface area contributed by atoms with Gasteiger partial charge in [0, 0.05) is 20.2 Å². The van der Waals surface area contributed by atoms with Gasteiger partial charge in [-0.2, -0.15) is 0 Å². The molecule has 0 aromatic rings. The van der Waals surface area contributed by atoms with Crippen molar-refractivity contribution in [1.29, 1.82) is 0 Å². The molecule has 0 fully saturated rings. The Morgan fingerprint density at radius 1 is 0.792 bits per heavy atom. The minimum Gasteiger partial charge on any atom is -0.444 e. The fraction of sp³-hybridized carbons (Fsp3) is 0.941. The van der Waals surface area contributed by atoms with Crippen molar-refractivity contribution in [3.8, 4) is 0 Å². The van der Waals surface area contributed by atoms with E-state index < -0.39 is 5.60 Å². The molecule has 0 aromatic carbocycles. The third-order valence-corrected chi connectivity index (χ3v) is 2.74. The Balaban J connectivity index is 3.32. The Kier molecular flexibility index (Phi) is 13.9. The van der Waals surface area contributed by atoms with Crippen LogP contribution in [0, 0.1) is 0 Å². The molecule has 0 saturated heterocycles. The largest absolute Gasteiger partial charge is 0.444 e. The third-order valence-electron chi connectivity index (χ3n) is 2.74. The molecule has 0 bridgehead atoms. The summed E-state index contributed by atoms with van der Waals surface area (Å²) >= 11 is 0. The summed E-state index contributed by atoms with van der Waals surface area (Å²) in [7, 11) is 1.69. The van der Waals surface area contributed by atoms with E-state index in [-0.39, 0.29) is 6.09 Å². The van der Waals surface area contributed by atoms with Crippen molar-refractivity contribution in [2.24, 2.45) is 0 Å². The molecule has 144 valence electrons. The van der Waals surface area contributed by atoms with Gasteiger partial charge >= 0.3 is 6.09 Å². The fourth-order valence-electron chi connectivity index (χ4n) is 1.54. The van der Waals surface area contributed by atoms with Crippen molar-refractivity contribution in [2.45, 2.75) is 39.7 Å². The first kappa shape index (κ1) is 23.1. The van der Waals surface area contributed by atoms with Crippen molar-refractivity contribution in [3.05, 3.63) is 0 Å². The van der Waals surface area contributed by atoms with Crippen LogP contribution < -0.4 is 0 Å². The van der Waals surface area contributed by atoms with E-state index in [9.17, 15) is 4.79 Å². The van der Waals surface area contributed by atoms with Crippen LogP contribution in [-0.2, 0) is 23.7 Å². The van der Waals surface area contributed by atoms with Gasteiger partial charge in [-0.3, -0.25) is 0 Å². The minimum absolute atomic E-state index is 0.345. The van der Waals surface area contributed by atoms with Crippen molar-refractivity contribution in [2.75, 3.05) is 66.4 Å². The Morgan fingerprint density at radius 3 is 1.62 bits per heavy atom. The van der Waals surface area contributed by atoms with Crippen LogP contribution in [0.1, 0.15) is 34.1 Å². The van der Waals surface area contributed by atoms with Crippen molar-refractivity contribution in [1.82, 2.24) is 4.90 Å². The number of hydrogen-bond donors (Lipinski definition) is 0. The molecule has 0 aliphatic heterocycles. The van der Waals surface area contributed by atoms with Crippen LogP contribution in [0.4, 0.5) is 4.79 Å². The molecule has 0 unspecified atom stereocenters. The number of rotatable bonds is 14. The summed E-state index contributed by atoms with van der Waals surface area (Å²) in [6.45, 7) is 12.6. The predicted molar refractivity (Wildman–Crippen MR) is 92.4 cm³/mol. The summed E-state index contributed by atoms with van der Waals surface area (Å²) in [4.78, 5) is 13.2. The van der Waals surface area contributed by atoms with E-state index >= 15 is 0 Å². The number of carbonyl (C=O) groups is 1. The number of hydrogen-bond acceptors (Lipinski definition) is 6. The Bertz CT molecular complexity index is 306. The topological polar surface area (TPSA) is 66.5 Å². The van der Waals surface area contributed by atoms with Gasteiger partial charge in [-0.25, -0.2) is 4.79 Å². The van der Waals surface area contributed by atoms with Gasteiger partial charge in [0.2, 0.25) is 0 Å². The van der Waals surface area contributed by atoms with Gasteiger partial charge in [0.1, 0.15) is 5.60 Å². The molecular formula is C17H35NO6. The molecule has 0 aromatic heterocycles. The zero-order valence-corrected chi connectivity index (χ0v) is 16.0. The molecule has 0 aliphatic rings. The summed E-state index contributed by atoms with van der Waals surface area (Å²) in [5, 5.41) is 0. The molecule has 0 rings (SSSR count). The van der Waals surface area contributed by atoms with Gasteiger partial charge in [-0.05, 0) is 27.2 Å². The highest BCUT2D eigenvalue weighted by atomic mass is 16.6. The van der Waals surface area contributed by atoms with Crippen LogP contribution in [0.25, 0.3) is 0 Å². The van der Waals surface area contributed by atoms with Crippen molar-refractivity contribution < 1.29 is 28.5 Å². The molecule has 24 heavy (non-hydrogen) atoms. The average Bonchev–Trinajstić information content (AvgIpc) is 2.50. The predicted octanol–water partition coefficient (Wildman–Crippen LogP) is 2.33. The van der Waals surface area contributed by atoms with Gasteiger partial charge in [0.15, 0.2) is 0 Å². The zero-order chi connectivity index (χ0) is 18.3. The van der Waals surface area contributed by atoms with Crippen LogP contribution in [0.15, 0.2) is 0 Å². The maximum absolute atomic E-state index is 11.7. The minimum atomic E-state index is -0.482. The lowest BCUT2D eigenvalue weighted by Gasteiger charge is -2.24. The summed E-state index contributed by atoms with van der Waals surface area (Å²) in [5.41, 5.74) is -0.482. The van der Waals surface area contributed by atoms with E-state index in [4.69, 9.17) is 23.7 Å². The molecule has 0 saturated carbocycles. The maximum atomic E-state index is 11.7. The Labute approximate surface area is 146 Å². The lowest BCUT2D eigenvalue weighted by atomic mass is 10.2. The SMILES string of the molecule is CCCOCCOCCOCCOCCN(C)C(=O)OC(C)(C)C. The van der Waals surface area contributed by atoms with Crippen LogP contribution in [0.2, 0.25) is 0 Å². The third kappa shape index (κ3) is 16.0. The van der Waals surface area contributed by atoms with Gasteiger partial charge in [0.05, 0.1) is 46.2 Å². The van der Waals surface area contributed by atoms with E-state index in [1.165, 1.54) is 4.90 Å². The molecule has 0 aliphatic carbocycles. The summed E-state index contributed by atoms with van der Waals surface area (Å²) < 4.78 is 26.7. The first-order valence-corrected chi connectivity index (χ1v) is 8.62. The van der Waals surface area contributed by atoms with E-state index in [1.54, 1.807) is 7.05 Å². The van der Waals surface area contributed by atoms with Crippen LogP contribution in [-0.4, -0.2) is 83.0 Å². The second-order valence-corrected chi connectivity index (χ2v) is 6.35. The van der Waals surface area contributed by atoms with Crippen LogP contribution >= 0.6 is 0 Å². The van der Waals surface area contributed by atoms with Crippen molar-refractivity contribution >= 4 is 6.09 Å². The number of amides is 1. The molecular weight excluding hydrogens is 314 g/mol. The van der Waals surface area contributed by atoms with Gasteiger partial charge in [-0.15, -0.1) is 0 Å². The molecule has 7 nitrogen and oxygen atoms in total. The van der Waals surface area contributed by atoms with Gasteiger partial charge in [0.25, 0.3) is 0 Å². The second-order valence-electron chi connectivity index (χ2n) is 6.35. The Morgan fingerprint density at radius 2 is 1.21 bits per heavy atom. The molecule has 0 N–H and O–H groups in total. The number of carbonyl (C=O) groups excluding carboxylic acids is 1. The smallest absolute Gasteiger partial charge is 0.410 e. The number of ether oxygens (including phenoxy) is 5. The van der Waals surface area contributed by atoms with E-state index in [2.05, 4.69) is 6.92 Å². The van der Waals surface area contributed by atoms with E-state index in [1.807, 2.05) is 20.8 Å². The summed E-state index contributed by atoms with van der Waals surface area (Å²) in [6, 6.07) is 0. The number of likely N-dealkylation sites (N-methyl/N-ethyl adjacent to an activating group) is 1. The van der Waals surface area contributed by atoms with Crippen LogP contribution in [0.3, 0.4) is 0 Å². The standard InChI is InChI=1S/C17H35NO6/c1-6-8-20-10-12-22-14-15-23-13-11-21-9-7-18(5)16(19)24-17(2,3)4/h6-15H2,1-5H3. The fourth-order valence-corrected chi connectivity index (χ4v) is 1.54. The highest BCUT2D eigenvalue weighted by molar-refractivity contribution is 5.67. The first-order valence-electron chi connectivity index (χ1n) is 8.62. The molecule has 7 heteroatoms. The lowest BCUT2D eigenvalue weighted by molar-refractivity contribution is -0.00562. The molecule has 0 spiro atoms. The Hall–Kier alpha value is -0.890. The molecule has 0 heterocycles. The van der Waals surface area contributed by atoms with Gasteiger partial charge < -0.3 is 28.6 Å². The van der Waals surface area contributed by atoms with Gasteiger partial charge in [-0.1, -0.05) is 6.92 Å². The monoisotopic (exact) mass is 349 g/mol. The zero-order valence-electron chi connectivity index (χ0n) is 16.0. The molecule has 1 amide bonds. The molecule has 0 atom stereocenters. The van der Waals surface area contributed by atoms with E-state index in [0.717, 1.165) is 13.0 Å². The van der Waals surface area contributed by atoms with Crippen LogP contribution in [0.5, 0.6) is 0 Å². The summed E-state index contributed by atoms with van der Waals surface area (Å²) in [6.07, 6.45) is 0.679. The quantitative estimate of drug-likeness (QED) is 0.449. The maximum Gasteiger partial charge on any atom is 0.410 e. The lowest BCUT2D eigenvalue weighted by Crippen LogP contribution is -2.36. The first-order chi connectivity index (χ1) is 11.4. The highest BCUT2D eigenvalue weighted by Crippen LogP contribution is 2.08. The highest BCUT2D eigenvalue weighted by Gasteiger charge is 2.19. The molecule has 0 radical (unpaired) electrons. The number of nitrogens with zero attached hydrogens (tertiary/aromatic N) is 1. The summed E-state index contributed by atoms with van der Waals surface area (Å²) in [5.74, 6) is 0. The second kappa shape index (κ2) is 14.5. The average molecular weight is 349 g/mol. The van der Waals surface area contributed by atoms with Crippen molar-refractivity contribution in [3.63, 3.8) is 0 Å². The normalized spacial score (nSPS) is 11.5. The van der Waals surface area contributed by atoms with E-state index in [0.29, 0.717) is 52.8 Å².